The number of nitro groups is 2. The molecule has 0 saturated carbocycles. The van der Waals surface area contributed by atoms with Gasteiger partial charge in [-0.2, -0.15) is 0 Å². The molecule has 0 spiro atoms. The molecular formula is C15H12ClN3O5. The Morgan fingerprint density at radius 2 is 1.58 bits per heavy atom. The number of anilines is 1. The number of hydrogen-bond donors (Lipinski definition) is 1. The predicted molar refractivity (Wildman–Crippen MR) is 88.6 cm³/mol. The lowest BCUT2D eigenvalue weighted by Gasteiger charge is -2.09. The summed E-state index contributed by atoms with van der Waals surface area (Å²) in [7, 11) is 0. The van der Waals surface area contributed by atoms with E-state index < -0.39 is 27.1 Å². The second-order valence-electron chi connectivity index (χ2n) is 5.07. The number of carbonyl (C=O) groups is 1. The molecule has 1 amide bonds. The van der Waals surface area contributed by atoms with Gasteiger partial charge in [0.15, 0.2) is 0 Å². The van der Waals surface area contributed by atoms with Crippen LogP contribution >= 0.6 is 11.6 Å². The molecule has 2 aromatic rings. The van der Waals surface area contributed by atoms with E-state index in [4.69, 9.17) is 11.6 Å². The van der Waals surface area contributed by atoms with Crippen LogP contribution in [0.25, 0.3) is 0 Å². The Balaban J connectivity index is 2.45. The highest BCUT2D eigenvalue weighted by atomic mass is 35.5. The van der Waals surface area contributed by atoms with Crippen LogP contribution in [0.5, 0.6) is 0 Å². The SMILES string of the molecule is Cc1cc(Cl)ccc1NC(=O)c1cc([N+](=O)[O-])c(C)c([N+](=O)[O-])c1. The topological polar surface area (TPSA) is 115 Å². The molecule has 0 aromatic heterocycles. The smallest absolute Gasteiger partial charge is 0.279 e. The summed E-state index contributed by atoms with van der Waals surface area (Å²) < 4.78 is 0. The maximum Gasteiger partial charge on any atom is 0.279 e. The second kappa shape index (κ2) is 6.63. The van der Waals surface area contributed by atoms with Crippen LogP contribution in [0.15, 0.2) is 30.3 Å². The second-order valence-corrected chi connectivity index (χ2v) is 5.50. The van der Waals surface area contributed by atoms with E-state index in [1.54, 1.807) is 25.1 Å². The van der Waals surface area contributed by atoms with Crippen molar-refractivity contribution in [3.05, 3.63) is 72.3 Å². The van der Waals surface area contributed by atoms with Crippen LogP contribution in [-0.2, 0) is 0 Å². The van der Waals surface area contributed by atoms with Crippen LogP contribution in [0, 0.1) is 34.1 Å². The first-order valence-corrected chi connectivity index (χ1v) is 7.09. The highest BCUT2D eigenvalue weighted by Gasteiger charge is 2.25. The number of rotatable bonds is 4. The fraction of sp³-hybridized carbons (Fsp3) is 0.133. The lowest BCUT2D eigenvalue weighted by atomic mass is 10.1. The molecule has 0 bridgehead atoms. The number of aryl methyl sites for hydroxylation is 1. The predicted octanol–water partition coefficient (Wildman–Crippen LogP) is 4.03. The van der Waals surface area contributed by atoms with Gasteiger partial charge in [-0.05, 0) is 37.6 Å². The van der Waals surface area contributed by atoms with Crippen LogP contribution < -0.4 is 5.32 Å². The third-order valence-electron chi connectivity index (χ3n) is 3.45. The van der Waals surface area contributed by atoms with Gasteiger partial charge in [-0.25, -0.2) is 0 Å². The summed E-state index contributed by atoms with van der Waals surface area (Å²) in [4.78, 5) is 32.9. The van der Waals surface area contributed by atoms with Crippen molar-refractivity contribution in [1.29, 1.82) is 0 Å². The molecule has 8 nitrogen and oxygen atoms in total. The molecule has 0 aliphatic carbocycles. The summed E-state index contributed by atoms with van der Waals surface area (Å²) in [6, 6.07) is 6.82. The molecule has 2 rings (SSSR count). The molecule has 0 heterocycles. The highest BCUT2D eigenvalue weighted by molar-refractivity contribution is 6.30. The quantitative estimate of drug-likeness (QED) is 0.660. The van der Waals surface area contributed by atoms with E-state index in [9.17, 15) is 25.0 Å². The van der Waals surface area contributed by atoms with Gasteiger partial charge < -0.3 is 5.32 Å². The van der Waals surface area contributed by atoms with Gasteiger partial charge in [-0.3, -0.25) is 25.0 Å². The first kappa shape index (κ1) is 17.4. The molecule has 2 aromatic carbocycles. The number of nitrogens with zero attached hydrogens (tertiary/aromatic N) is 2. The van der Waals surface area contributed by atoms with E-state index in [-0.39, 0.29) is 11.1 Å². The van der Waals surface area contributed by atoms with Crippen LogP contribution in [0.4, 0.5) is 17.1 Å². The van der Waals surface area contributed by atoms with E-state index >= 15 is 0 Å². The molecule has 0 aliphatic rings. The zero-order valence-corrected chi connectivity index (χ0v) is 13.5. The Labute approximate surface area is 141 Å². The van der Waals surface area contributed by atoms with Crippen molar-refractivity contribution in [2.45, 2.75) is 13.8 Å². The van der Waals surface area contributed by atoms with Gasteiger partial charge in [-0.15, -0.1) is 0 Å². The van der Waals surface area contributed by atoms with Crippen molar-refractivity contribution in [2.24, 2.45) is 0 Å². The third kappa shape index (κ3) is 3.49. The van der Waals surface area contributed by atoms with Gasteiger partial charge in [0.25, 0.3) is 17.3 Å². The number of hydrogen-bond acceptors (Lipinski definition) is 5. The molecular weight excluding hydrogens is 338 g/mol. The van der Waals surface area contributed by atoms with E-state index in [0.717, 1.165) is 12.1 Å². The number of halogens is 1. The molecule has 9 heteroatoms. The minimum absolute atomic E-state index is 0.107. The summed E-state index contributed by atoms with van der Waals surface area (Å²) in [6.07, 6.45) is 0. The van der Waals surface area contributed by atoms with E-state index in [0.29, 0.717) is 16.3 Å². The molecule has 0 unspecified atom stereocenters. The lowest BCUT2D eigenvalue weighted by Crippen LogP contribution is -2.14. The third-order valence-corrected chi connectivity index (χ3v) is 3.68. The van der Waals surface area contributed by atoms with Crippen molar-refractivity contribution in [1.82, 2.24) is 0 Å². The summed E-state index contributed by atoms with van der Waals surface area (Å²) in [5.74, 6) is -0.688. The number of nitrogens with one attached hydrogen (secondary N) is 1. The average molecular weight is 350 g/mol. The van der Waals surface area contributed by atoms with Crippen molar-refractivity contribution in [3.63, 3.8) is 0 Å². The molecule has 0 saturated heterocycles. The zero-order chi connectivity index (χ0) is 18.0. The maximum absolute atomic E-state index is 12.3. The molecule has 0 aliphatic heterocycles. The minimum Gasteiger partial charge on any atom is -0.322 e. The lowest BCUT2D eigenvalue weighted by molar-refractivity contribution is -0.395. The highest BCUT2D eigenvalue weighted by Crippen LogP contribution is 2.30. The van der Waals surface area contributed by atoms with Crippen molar-refractivity contribution in [3.8, 4) is 0 Å². The van der Waals surface area contributed by atoms with Crippen LogP contribution in [-0.4, -0.2) is 15.8 Å². The fourth-order valence-electron chi connectivity index (χ4n) is 2.16. The Morgan fingerprint density at radius 3 is 2.04 bits per heavy atom. The number of carbonyl (C=O) groups excluding carboxylic acids is 1. The van der Waals surface area contributed by atoms with Gasteiger partial charge in [0.1, 0.15) is 5.56 Å². The van der Waals surface area contributed by atoms with Gasteiger partial charge in [0.2, 0.25) is 0 Å². The first-order valence-electron chi connectivity index (χ1n) is 6.71. The van der Waals surface area contributed by atoms with Crippen LogP contribution in [0.2, 0.25) is 5.02 Å². The van der Waals surface area contributed by atoms with E-state index in [2.05, 4.69) is 5.32 Å². The van der Waals surface area contributed by atoms with E-state index in [1.165, 1.54) is 6.92 Å². The summed E-state index contributed by atoms with van der Waals surface area (Å²) >= 11 is 5.84. The Bertz CT molecular complexity index is 831. The monoisotopic (exact) mass is 349 g/mol. The maximum atomic E-state index is 12.3. The first-order chi connectivity index (χ1) is 11.2. The van der Waals surface area contributed by atoms with Crippen LogP contribution in [0.1, 0.15) is 21.5 Å². The molecule has 1 N–H and O–H groups in total. The van der Waals surface area contributed by atoms with Crippen molar-refractivity contribution >= 4 is 34.6 Å². The number of amides is 1. The van der Waals surface area contributed by atoms with Gasteiger partial charge >= 0.3 is 0 Å². The molecule has 124 valence electrons. The Hall–Kier alpha value is -3.00. The standard InChI is InChI=1S/C15H12ClN3O5/c1-8-5-11(16)3-4-12(8)17-15(20)10-6-13(18(21)22)9(2)14(7-10)19(23)24/h3-7H,1-2H3,(H,17,20). The molecule has 24 heavy (non-hydrogen) atoms. The summed E-state index contributed by atoms with van der Waals surface area (Å²) in [5, 5.41) is 25.2. The Kier molecular flexibility index (Phi) is 4.79. The van der Waals surface area contributed by atoms with Crippen molar-refractivity contribution in [2.75, 3.05) is 5.32 Å². The van der Waals surface area contributed by atoms with Gasteiger partial charge in [-0.1, -0.05) is 11.6 Å². The molecule has 0 atom stereocenters. The minimum atomic E-state index is -0.757. The Morgan fingerprint density at radius 1 is 1.04 bits per heavy atom. The van der Waals surface area contributed by atoms with Gasteiger partial charge in [0, 0.05) is 22.8 Å². The zero-order valence-electron chi connectivity index (χ0n) is 12.7. The van der Waals surface area contributed by atoms with Crippen LogP contribution in [0.3, 0.4) is 0 Å². The summed E-state index contributed by atoms with van der Waals surface area (Å²) in [5.41, 5.74) is -0.107. The van der Waals surface area contributed by atoms with E-state index in [1.807, 2.05) is 0 Å². The summed E-state index contributed by atoms with van der Waals surface area (Å²) in [6.45, 7) is 2.99. The largest absolute Gasteiger partial charge is 0.322 e. The fourth-order valence-corrected chi connectivity index (χ4v) is 2.38. The number of nitro benzene ring substituents is 2. The van der Waals surface area contributed by atoms with Crippen molar-refractivity contribution < 1.29 is 14.6 Å². The molecule has 0 radical (unpaired) electrons. The number of benzene rings is 2. The molecule has 0 fully saturated rings. The average Bonchev–Trinajstić information content (AvgIpc) is 2.49. The van der Waals surface area contributed by atoms with Gasteiger partial charge in [0.05, 0.1) is 15.4 Å². The normalized spacial score (nSPS) is 10.3.